The molecule has 0 N–H and O–H groups in total. The minimum atomic E-state index is 0.125. The Labute approximate surface area is 123 Å². The number of fused-ring (bicyclic) bond motifs is 1. The van der Waals surface area contributed by atoms with E-state index < -0.39 is 0 Å². The summed E-state index contributed by atoms with van der Waals surface area (Å²) in [6.07, 6.45) is 1.13. The molecule has 20 heavy (non-hydrogen) atoms. The van der Waals surface area contributed by atoms with Crippen LogP contribution >= 0.6 is 11.6 Å². The number of nitrogens with zero attached hydrogens (tertiary/aromatic N) is 2. The minimum Gasteiger partial charge on any atom is -0.489 e. The molecule has 2 aromatic rings. The molecule has 1 atom stereocenters. The summed E-state index contributed by atoms with van der Waals surface area (Å²) in [5.41, 5.74) is 1.97. The Kier molecular flexibility index (Phi) is 3.85. The van der Waals surface area contributed by atoms with Gasteiger partial charge < -0.3 is 14.0 Å². The molecule has 4 nitrogen and oxygen atoms in total. The van der Waals surface area contributed by atoms with Crippen LogP contribution in [0.5, 0.6) is 5.75 Å². The van der Waals surface area contributed by atoms with Crippen molar-refractivity contribution in [3.63, 3.8) is 0 Å². The second kappa shape index (κ2) is 5.62. The lowest BCUT2D eigenvalue weighted by molar-refractivity contribution is 0.187. The van der Waals surface area contributed by atoms with Crippen molar-refractivity contribution in [2.45, 2.75) is 38.3 Å². The fraction of sp³-hybridized carbons (Fsp3) is 0.533. The van der Waals surface area contributed by atoms with Gasteiger partial charge in [0.05, 0.1) is 30.1 Å². The summed E-state index contributed by atoms with van der Waals surface area (Å²) >= 11 is 6.08. The lowest BCUT2D eigenvalue weighted by atomic mass is 10.2. The highest BCUT2D eigenvalue weighted by Gasteiger charge is 2.24. The van der Waals surface area contributed by atoms with Crippen molar-refractivity contribution in [3.05, 3.63) is 24.0 Å². The van der Waals surface area contributed by atoms with Crippen LogP contribution in [-0.4, -0.2) is 28.9 Å². The van der Waals surface area contributed by atoms with Gasteiger partial charge in [-0.15, -0.1) is 11.6 Å². The average Bonchev–Trinajstić information content (AvgIpc) is 3.04. The molecular weight excluding hydrogens is 276 g/mol. The highest BCUT2D eigenvalue weighted by molar-refractivity contribution is 6.16. The summed E-state index contributed by atoms with van der Waals surface area (Å²) < 4.78 is 13.6. The van der Waals surface area contributed by atoms with Crippen molar-refractivity contribution in [2.75, 3.05) is 13.2 Å². The largest absolute Gasteiger partial charge is 0.489 e. The average molecular weight is 295 g/mol. The van der Waals surface area contributed by atoms with Gasteiger partial charge in [0.2, 0.25) is 0 Å². The predicted molar refractivity (Wildman–Crippen MR) is 79.5 cm³/mol. The van der Waals surface area contributed by atoms with E-state index in [2.05, 4.69) is 15.6 Å². The monoisotopic (exact) mass is 294 g/mol. The topological polar surface area (TPSA) is 36.3 Å². The Bertz CT molecular complexity index is 603. The van der Waals surface area contributed by atoms with Crippen molar-refractivity contribution < 1.29 is 9.47 Å². The third kappa shape index (κ3) is 2.38. The number of benzene rings is 1. The van der Waals surface area contributed by atoms with E-state index in [0.717, 1.165) is 42.2 Å². The van der Waals surface area contributed by atoms with E-state index in [9.17, 15) is 0 Å². The number of para-hydroxylation sites is 1. The zero-order valence-corrected chi connectivity index (χ0v) is 12.6. The lowest BCUT2D eigenvalue weighted by Gasteiger charge is -2.14. The Morgan fingerprint density at radius 3 is 3.00 bits per heavy atom. The zero-order chi connectivity index (χ0) is 14.1. The number of hydrogen-bond acceptors (Lipinski definition) is 3. The first kappa shape index (κ1) is 13.7. The molecule has 1 aromatic carbocycles. The van der Waals surface area contributed by atoms with E-state index >= 15 is 0 Å². The number of aromatic nitrogens is 2. The van der Waals surface area contributed by atoms with E-state index in [1.807, 2.05) is 26.0 Å². The molecular formula is C15H19ClN2O2. The Morgan fingerprint density at radius 2 is 2.35 bits per heavy atom. The molecule has 0 aliphatic carbocycles. The van der Waals surface area contributed by atoms with Crippen LogP contribution in [0.25, 0.3) is 11.0 Å². The Balaban J connectivity index is 2.13. The molecule has 2 heterocycles. The number of imidazole rings is 1. The number of halogens is 1. The third-order valence-corrected chi connectivity index (χ3v) is 3.75. The molecule has 1 aliphatic rings. The van der Waals surface area contributed by atoms with E-state index in [-0.39, 0.29) is 6.10 Å². The first-order chi connectivity index (χ1) is 9.70. The maximum absolute atomic E-state index is 6.08. The Hall–Kier alpha value is -1.26. The van der Waals surface area contributed by atoms with E-state index in [0.29, 0.717) is 11.9 Å². The van der Waals surface area contributed by atoms with Gasteiger partial charge in [0.25, 0.3) is 0 Å². The normalized spacial score (nSPS) is 19.1. The quantitative estimate of drug-likeness (QED) is 0.810. The SMILES string of the molecule is CC(C)Oc1cccc2c1nc(CCl)n2C1CCOC1. The van der Waals surface area contributed by atoms with Crippen molar-refractivity contribution in [3.8, 4) is 5.75 Å². The fourth-order valence-corrected chi connectivity index (χ4v) is 2.90. The lowest BCUT2D eigenvalue weighted by Crippen LogP contribution is -2.11. The molecule has 0 saturated carbocycles. The molecule has 0 spiro atoms. The Morgan fingerprint density at radius 1 is 1.50 bits per heavy atom. The summed E-state index contributed by atoms with van der Waals surface area (Å²) in [5.74, 6) is 2.10. The first-order valence-electron chi connectivity index (χ1n) is 7.01. The van der Waals surface area contributed by atoms with Gasteiger partial charge in [-0.3, -0.25) is 0 Å². The molecule has 3 rings (SSSR count). The number of hydrogen-bond donors (Lipinski definition) is 0. The smallest absolute Gasteiger partial charge is 0.147 e. The number of rotatable bonds is 4. The highest BCUT2D eigenvalue weighted by atomic mass is 35.5. The van der Waals surface area contributed by atoms with Gasteiger partial charge in [-0.25, -0.2) is 4.98 Å². The highest BCUT2D eigenvalue weighted by Crippen LogP contribution is 2.32. The van der Waals surface area contributed by atoms with Crippen molar-refractivity contribution in [2.24, 2.45) is 0 Å². The number of ether oxygens (including phenoxy) is 2. The van der Waals surface area contributed by atoms with Gasteiger partial charge >= 0.3 is 0 Å². The minimum absolute atomic E-state index is 0.125. The summed E-state index contributed by atoms with van der Waals surface area (Å²) in [5, 5.41) is 0. The van der Waals surface area contributed by atoms with Crippen LogP contribution in [0, 0.1) is 0 Å². The van der Waals surface area contributed by atoms with Crippen molar-refractivity contribution >= 4 is 22.6 Å². The van der Waals surface area contributed by atoms with Crippen molar-refractivity contribution in [1.29, 1.82) is 0 Å². The molecule has 1 unspecified atom stereocenters. The van der Waals surface area contributed by atoms with Gasteiger partial charge in [-0.1, -0.05) is 6.07 Å². The fourth-order valence-electron chi connectivity index (χ4n) is 2.72. The van der Waals surface area contributed by atoms with Gasteiger partial charge in [-0.05, 0) is 32.4 Å². The third-order valence-electron chi connectivity index (χ3n) is 3.51. The molecule has 1 saturated heterocycles. The van der Waals surface area contributed by atoms with Crippen LogP contribution in [0.2, 0.25) is 0 Å². The molecule has 0 amide bonds. The van der Waals surface area contributed by atoms with Crippen molar-refractivity contribution in [1.82, 2.24) is 9.55 Å². The van der Waals surface area contributed by atoms with Gasteiger partial charge in [0.1, 0.15) is 17.1 Å². The molecule has 108 valence electrons. The molecule has 1 aromatic heterocycles. The van der Waals surface area contributed by atoms with Crippen LogP contribution in [0.1, 0.15) is 32.1 Å². The molecule has 0 bridgehead atoms. The van der Waals surface area contributed by atoms with Gasteiger partial charge in [0, 0.05) is 6.61 Å². The maximum atomic E-state index is 6.08. The van der Waals surface area contributed by atoms with E-state index in [4.69, 9.17) is 21.1 Å². The van der Waals surface area contributed by atoms with E-state index in [1.54, 1.807) is 0 Å². The van der Waals surface area contributed by atoms with Crippen LogP contribution < -0.4 is 4.74 Å². The summed E-state index contributed by atoms with van der Waals surface area (Å²) in [6.45, 7) is 5.56. The molecule has 5 heteroatoms. The first-order valence-corrected chi connectivity index (χ1v) is 7.54. The second-order valence-corrected chi connectivity index (χ2v) is 5.61. The molecule has 1 fully saturated rings. The van der Waals surface area contributed by atoms with Crippen LogP contribution in [-0.2, 0) is 10.6 Å². The maximum Gasteiger partial charge on any atom is 0.147 e. The second-order valence-electron chi connectivity index (χ2n) is 5.34. The van der Waals surface area contributed by atoms with Crippen LogP contribution in [0.15, 0.2) is 18.2 Å². The molecule has 1 aliphatic heterocycles. The number of alkyl halides is 1. The summed E-state index contributed by atoms with van der Waals surface area (Å²) in [6, 6.07) is 6.36. The van der Waals surface area contributed by atoms with Gasteiger partial charge in [-0.2, -0.15) is 0 Å². The summed E-state index contributed by atoms with van der Waals surface area (Å²) in [4.78, 5) is 4.68. The summed E-state index contributed by atoms with van der Waals surface area (Å²) in [7, 11) is 0. The van der Waals surface area contributed by atoms with Gasteiger partial charge in [0.15, 0.2) is 0 Å². The van der Waals surface area contributed by atoms with Crippen LogP contribution in [0.3, 0.4) is 0 Å². The predicted octanol–water partition coefficient (Wildman–Crippen LogP) is 3.52. The standard InChI is InChI=1S/C15H19ClN2O2/c1-10(2)20-13-5-3-4-12-15(13)17-14(8-16)18(12)11-6-7-19-9-11/h3-5,10-11H,6-9H2,1-2H3. The van der Waals surface area contributed by atoms with E-state index in [1.165, 1.54) is 0 Å². The van der Waals surface area contributed by atoms with Crippen LogP contribution in [0.4, 0.5) is 0 Å². The molecule has 0 radical (unpaired) electrons. The zero-order valence-electron chi connectivity index (χ0n) is 11.8.